The molecule has 3 aliphatic rings. The smallest absolute Gasteiger partial charge is 0.255 e. The SMILES string of the molecule is CN(C)C1C(=O)C(C(N)=O)=C(O)[C@@]2(O)C(=O)C3=C(O)c4c(O)ccc(Cl)c4[C@](C)(O)C3CC12.Cl. The molecule has 1 amide bonds. The second kappa shape index (κ2) is 7.96. The van der Waals surface area contributed by atoms with E-state index in [4.69, 9.17) is 17.3 Å². The Morgan fingerprint density at radius 2 is 1.76 bits per heavy atom. The number of benzene rings is 1. The van der Waals surface area contributed by atoms with Crippen molar-refractivity contribution in [1.29, 1.82) is 0 Å². The van der Waals surface area contributed by atoms with E-state index in [0.29, 0.717) is 0 Å². The molecule has 5 atom stereocenters. The molecule has 7 N–H and O–H groups in total. The van der Waals surface area contributed by atoms with E-state index in [1.54, 1.807) is 0 Å². The first-order valence-electron chi connectivity index (χ1n) is 10.1. The Bertz CT molecular complexity index is 1210. The van der Waals surface area contributed by atoms with Crippen LogP contribution in [0.4, 0.5) is 0 Å². The van der Waals surface area contributed by atoms with Crippen LogP contribution in [0.3, 0.4) is 0 Å². The summed E-state index contributed by atoms with van der Waals surface area (Å²) in [6.45, 7) is 1.34. The number of Topliss-reactive ketones (excluding diaryl/α,β-unsaturated/α-hetero) is 2. The molecule has 3 unspecified atom stereocenters. The first-order chi connectivity index (χ1) is 15.2. The van der Waals surface area contributed by atoms with E-state index in [2.05, 4.69) is 0 Å². The molecule has 1 aromatic rings. The Hall–Kier alpha value is -2.63. The zero-order chi connectivity index (χ0) is 24.8. The number of likely N-dealkylation sites (N-methyl/N-ethyl adjacent to an activating group) is 1. The maximum Gasteiger partial charge on any atom is 0.255 e. The molecule has 3 aliphatic carbocycles. The van der Waals surface area contributed by atoms with Gasteiger partial charge in [-0.15, -0.1) is 12.4 Å². The van der Waals surface area contributed by atoms with Crippen molar-refractivity contribution in [2.45, 2.75) is 30.6 Å². The van der Waals surface area contributed by atoms with Crippen LogP contribution in [0.5, 0.6) is 5.75 Å². The van der Waals surface area contributed by atoms with Gasteiger partial charge in [-0.1, -0.05) is 11.6 Å². The number of amides is 1. The number of carbonyl (C=O) groups excluding carboxylic acids is 3. The molecule has 0 saturated heterocycles. The summed E-state index contributed by atoms with van der Waals surface area (Å²) in [7, 11) is 2.97. The molecule has 0 aliphatic heterocycles. The Kier molecular flexibility index (Phi) is 6.08. The first kappa shape index (κ1) is 26.0. The monoisotopic (exact) mass is 514 g/mol. The highest BCUT2D eigenvalue weighted by atomic mass is 35.5. The van der Waals surface area contributed by atoms with Gasteiger partial charge in [-0.25, -0.2) is 0 Å². The summed E-state index contributed by atoms with van der Waals surface area (Å²) in [5.41, 5.74) is -1.10. The lowest BCUT2D eigenvalue weighted by Crippen LogP contribution is -2.67. The number of primary amides is 1. The van der Waals surface area contributed by atoms with Gasteiger partial charge >= 0.3 is 0 Å². The third-order valence-corrected chi connectivity index (χ3v) is 7.39. The summed E-state index contributed by atoms with van der Waals surface area (Å²) in [4.78, 5) is 40.1. The lowest BCUT2D eigenvalue weighted by atomic mass is 9.54. The number of aliphatic hydroxyl groups excluding tert-OH is 2. The van der Waals surface area contributed by atoms with E-state index in [1.165, 1.54) is 38.1 Å². The van der Waals surface area contributed by atoms with Crippen molar-refractivity contribution >= 4 is 47.2 Å². The largest absolute Gasteiger partial charge is 0.508 e. The Labute approximate surface area is 205 Å². The topological polar surface area (TPSA) is 182 Å². The average Bonchev–Trinajstić information content (AvgIpc) is 2.69. The standard InChI is InChI=1S/C22H23ClN2O8.ClH/c1-21(32)7-6-8-15(25(2)3)17(28)13(20(24)31)19(30)22(8,33)18(29)11(7)16(27)12-10(26)5-4-9(23)14(12)21;/h4-5,7-8,15,26-27,30,32-33H,6H2,1-3H3,(H2,24,31);1H/t7?,8?,15?,21-,22+;/m1./s1. The summed E-state index contributed by atoms with van der Waals surface area (Å²) < 4.78 is 0. The van der Waals surface area contributed by atoms with E-state index in [1.807, 2.05) is 0 Å². The van der Waals surface area contributed by atoms with E-state index in [-0.39, 0.29) is 35.0 Å². The van der Waals surface area contributed by atoms with Gasteiger partial charge in [-0.05, 0) is 39.6 Å². The number of nitrogens with zero attached hydrogens (tertiary/aromatic N) is 1. The van der Waals surface area contributed by atoms with Gasteiger partial charge in [0.05, 0.1) is 17.2 Å². The van der Waals surface area contributed by atoms with Crippen molar-refractivity contribution in [3.05, 3.63) is 45.2 Å². The Morgan fingerprint density at radius 1 is 1.18 bits per heavy atom. The molecule has 1 fully saturated rings. The summed E-state index contributed by atoms with van der Waals surface area (Å²) in [6, 6.07) is 1.24. The van der Waals surface area contributed by atoms with E-state index in [0.717, 1.165) is 0 Å². The van der Waals surface area contributed by atoms with Crippen molar-refractivity contribution < 1.29 is 39.9 Å². The third-order valence-electron chi connectivity index (χ3n) is 7.07. The van der Waals surface area contributed by atoms with E-state index < -0.39 is 75.0 Å². The van der Waals surface area contributed by atoms with E-state index in [9.17, 15) is 39.9 Å². The van der Waals surface area contributed by atoms with Crippen LogP contribution in [0.25, 0.3) is 5.76 Å². The molecule has 0 radical (unpaired) electrons. The lowest BCUT2D eigenvalue weighted by Gasteiger charge is -2.53. The number of halogens is 2. The maximum atomic E-state index is 13.7. The van der Waals surface area contributed by atoms with Crippen molar-refractivity contribution in [2.75, 3.05) is 14.1 Å². The van der Waals surface area contributed by atoms with Gasteiger partial charge in [-0.2, -0.15) is 0 Å². The number of hydrogen-bond acceptors (Lipinski definition) is 9. The molecule has 0 aromatic heterocycles. The van der Waals surface area contributed by atoms with Crippen LogP contribution in [-0.2, 0) is 20.0 Å². The van der Waals surface area contributed by atoms with Gasteiger partial charge in [-0.3, -0.25) is 19.3 Å². The quantitative estimate of drug-likeness (QED) is 0.309. The minimum atomic E-state index is -2.78. The number of phenolic OH excluding ortho intramolecular Hbond substituents is 1. The van der Waals surface area contributed by atoms with E-state index >= 15 is 0 Å². The van der Waals surface area contributed by atoms with Crippen LogP contribution in [0, 0.1) is 11.8 Å². The Morgan fingerprint density at radius 3 is 2.29 bits per heavy atom. The van der Waals surface area contributed by atoms with Gasteiger partial charge in [0.2, 0.25) is 5.78 Å². The fraction of sp³-hybridized carbons (Fsp3) is 0.409. The van der Waals surface area contributed by atoms with Gasteiger partial charge in [0.1, 0.15) is 22.8 Å². The maximum absolute atomic E-state index is 13.7. The highest BCUT2D eigenvalue weighted by Gasteiger charge is 2.66. The second-order valence-corrected chi connectivity index (χ2v) is 9.48. The highest BCUT2D eigenvalue weighted by Crippen LogP contribution is 2.58. The number of phenols is 1. The molecule has 10 nitrogen and oxygen atoms in total. The van der Waals surface area contributed by atoms with Crippen molar-refractivity contribution in [3.63, 3.8) is 0 Å². The molecule has 184 valence electrons. The van der Waals surface area contributed by atoms with Gasteiger partial charge < -0.3 is 31.3 Å². The van der Waals surface area contributed by atoms with Gasteiger partial charge in [0.15, 0.2) is 11.4 Å². The summed E-state index contributed by atoms with van der Waals surface area (Å²) in [5, 5.41) is 55.2. The number of aromatic hydroxyl groups is 1. The van der Waals surface area contributed by atoms with Crippen LogP contribution in [0.1, 0.15) is 24.5 Å². The fourth-order valence-electron chi connectivity index (χ4n) is 5.58. The van der Waals surface area contributed by atoms with Crippen LogP contribution in [-0.4, -0.2) is 73.6 Å². The van der Waals surface area contributed by atoms with Crippen molar-refractivity contribution in [2.24, 2.45) is 17.6 Å². The summed E-state index contributed by atoms with van der Waals surface area (Å²) in [6.07, 6.45) is -0.259. The minimum absolute atomic E-state index is 0. The zero-order valence-corrected chi connectivity index (χ0v) is 19.9. The number of aliphatic hydroxyl groups is 4. The predicted molar refractivity (Wildman–Crippen MR) is 122 cm³/mol. The normalized spacial score (nSPS) is 32.7. The number of carbonyl (C=O) groups is 3. The summed E-state index contributed by atoms with van der Waals surface area (Å²) >= 11 is 6.28. The van der Waals surface area contributed by atoms with Crippen LogP contribution < -0.4 is 5.73 Å². The molecule has 1 aromatic carbocycles. The number of fused-ring (bicyclic) bond motifs is 3. The number of rotatable bonds is 2. The molecular formula is C22H24Cl2N2O8. The predicted octanol–water partition coefficient (Wildman–Crippen LogP) is 0.704. The van der Waals surface area contributed by atoms with Crippen molar-refractivity contribution in [3.8, 4) is 5.75 Å². The number of hydrogen-bond donors (Lipinski definition) is 6. The summed E-state index contributed by atoms with van der Waals surface area (Å²) in [5.74, 6) is -8.30. The highest BCUT2D eigenvalue weighted by molar-refractivity contribution is 6.32. The molecule has 0 heterocycles. The van der Waals surface area contributed by atoms with Crippen LogP contribution >= 0.6 is 24.0 Å². The zero-order valence-electron chi connectivity index (χ0n) is 18.4. The number of nitrogens with two attached hydrogens (primary N) is 1. The minimum Gasteiger partial charge on any atom is -0.508 e. The molecular weight excluding hydrogens is 491 g/mol. The molecule has 34 heavy (non-hydrogen) atoms. The van der Waals surface area contributed by atoms with Crippen LogP contribution in [0.15, 0.2) is 29.0 Å². The molecule has 4 rings (SSSR count). The van der Waals surface area contributed by atoms with Crippen LogP contribution in [0.2, 0.25) is 5.02 Å². The fourth-order valence-corrected chi connectivity index (χ4v) is 5.93. The second-order valence-electron chi connectivity index (χ2n) is 9.08. The average molecular weight is 515 g/mol. The first-order valence-corrected chi connectivity index (χ1v) is 10.5. The molecule has 12 heteroatoms. The lowest BCUT2D eigenvalue weighted by molar-refractivity contribution is -0.159. The molecule has 0 spiro atoms. The number of ketones is 2. The van der Waals surface area contributed by atoms with Gasteiger partial charge in [0.25, 0.3) is 5.91 Å². The Balaban J connectivity index is 0.00000324. The van der Waals surface area contributed by atoms with Crippen molar-refractivity contribution in [1.82, 2.24) is 4.90 Å². The molecule has 1 saturated carbocycles. The third kappa shape index (κ3) is 3.03. The molecule has 0 bridgehead atoms. The van der Waals surface area contributed by atoms with Gasteiger partial charge in [0, 0.05) is 28.0 Å².